The molecule has 0 saturated heterocycles. The van der Waals surface area contributed by atoms with Gasteiger partial charge in [-0.15, -0.1) is 0 Å². The van der Waals surface area contributed by atoms with Gasteiger partial charge < -0.3 is 12.4 Å². The molecule has 2 rings (SSSR count). The van der Waals surface area contributed by atoms with Crippen molar-refractivity contribution < 1.29 is 17.0 Å². The molecule has 0 aliphatic carbocycles. The van der Waals surface area contributed by atoms with E-state index >= 15 is 0 Å². The summed E-state index contributed by atoms with van der Waals surface area (Å²) in [5.74, 6) is 0. The van der Waals surface area contributed by atoms with Crippen molar-refractivity contribution in [3.05, 3.63) is 52.1 Å². The highest BCUT2D eigenvalue weighted by atomic mass is 127. The van der Waals surface area contributed by atoms with Crippen LogP contribution in [-0.4, -0.2) is 4.57 Å². The van der Waals surface area contributed by atoms with Crippen molar-refractivity contribution in [1.29, 1.82) is 0 Å². The zero-order valence-corrected chi connectivity index (χ0v) is 11.3. The second-order valence-corrected chi connectivity index (χ2v) is 4.62. The summed E-state index contributed by atoms with van der Waals surface area (Å²) in [5, 5.41) is 0. The Morgan fingerprint density at radius 1 is 1.27 bits per heavy atom. The average molecular weight is 335 g/mol. The molecule has 1 heterocycles. The third-order valence-corrected chi connectivity index (χ3v) is 2.82. The lowest BCUT2D eigenvalue weighted by atomic mass is 10.2. The third kappa shape index (κ3) is 3.50. The lowest BCUT2D eigenvalue weighted by molar-refractivity contribution is -0.671. The summed E-state index contributed by atoms with van der Waals surface area (Å²) >= 11 is 2.32. The van der Waals surface area contributed by atoms with E-state index in [4.69, 9.17) is 0 Å². The largest absolute Gasteiger partial charge is 1.00 e. The molecule has 0 spiro atoms. The van der Waals surface area contributed by atoms with Gasteiger partial charge in [0.1, 0.15) is 18.9 Å². The first-order valence-corrected chi connectivity index (χ1v) is 5.57. The monoisotopic (exact) mass is 334 g/mol. The van der Waals surface area contributed by atoms with Crippen molar-refractivity contribution in [1.82, 2.24) is 4.57 Å². The molecule has 0 saturated carbocycles. The Kier molecular flexibility index (Phi) is 4.60. The van der Waals surface area contributed by atoms with E-state index in [1.165, 1.54) is 9.13 Å². The van der Waals surface area contributed by atoms with Crippen LogP contribution in [0.4, 0.5) is 0 Å². The molecular formula is C11H12ClIN2. The van der Waals surface area contributed by atoms with Crippen LogP contribution in [-0.2, 0) is 13.6 Å². The predicted molar refractivity (Wildman–Crippen MR) is 63.9 cm³/mol. The summed E-state index contributed by atoms with van der Waals surface area (Å²) in [6.07, 6.45) is 6.21. The SMILES string of the molecule is C[n+]1ccn(Cc2ccc(I)cc2)c1.[Cl-]. The minimum absolute atomic E-state index is 0. The van der Waals surface area contributed by atoms with Crippen molar-refractivity contribution >= 4 is 22.6 Å². The molecule has 2 aromatic rings. The van der Waals surface area contributed by atoms with E-state index in [0.29, 0.717) is 0 Å². The van der Waals surface area contributed by atoms with Gasteiger partial charge >= 0.3 is 0 Å². The second-order valence-electron chi connectivity index (χ2n) is 3.38. The van der Waals surface area contributed by atoms with Crippen molar-refractivity contribution in [3.8, 4) is 0 Å². The smallest absolute Gasteiger partial charge is 0.243 e. The Morgan fingerprint density at radius 2 is 1.93 bits per heavy atom. The fourth-order valence-corrected chi connectivity index (χ4v) is 1.76. The van der Waals surface area contributed by atoms with Crippen LogP contribution in [0.25, 0.3) is 0 Å². The second kappa shape index (κ2) is 5.51. The minimum atomic E-state index is 0. The Bertz CT molecular complexity index is 422. The minimum Gasteiger partial charge on any atom is -1.00 e. The van der Waals surface area contributed by atoms with E-state index in [1.807, 2.05) is 17.8 Å². The number of nitrogens with zero attached hydrogens (tertiary/aromatic N) is 2. The molecule has 15 heavy (non-hydrogen) atoms. The molecule has 0 amide bonds. The van der Waals surface area contributed by atoms with Gasteiger partial charge in [-0.2, -0.15) is 0 Å². The number of rotatable bonds is 2. The molecule has 0 bridgehead atoms. The van der Waals surface area contributed by atoms with Crippen molar-refractivity contribution in [2.45, 2.75) is 6.54 Å². The Hall–Kier alpha value is -0.550. The van der Waals surface area contributed by atoms with E-state index in [1.54, 1.807) is 0 Å². The molecule has 4 heteroatoms. The maximum atomic E-state index is 2.32. The van der Waals surface area contributed by atoms with E-state index in [0.717, 1.165) is 6.54 Å². The molecule has 0 atom stereocenters. The summed E-state index contributed by atoms with van der Waals surface area (Å²) in [6, 6.07) is 8.61. The molecule has 2 nitrogen and oxygen atoms in total. The number of benzene rings is 1. The first kappa shape index (κ1) is 12.5. The number of aromatic nitrogens is 2. The molecule has 0 unspecified atom stereocenters. The first-order chi connectivity index (χ1) is 6.74. The van der Waals surface area contributed by atoms with E-state index in [9.17, 15) is 0 Å². The van der Waals surface area contributed by atoms with Gasteiger partial charge in [0.15, 0.2) is 0 Å². The third-order valence-electron chi connectivity index (χ3n) is 2.10. The van der Waals surface area contributed by atoms with Crippen LogP contribution in [0.2, 0.25) is 0 Å². The van der Waals surface area contributed by atoms with Crippen molar-refractivity contribution in [2.24, 2.45) is 7.05 Å². The zero-order valence-electron chi connectivity index (χ0n) is 8.40. The fourth-order valence-electron chi connectivity index (χ4n) is 1.40. The number of hydrogen-bond acceptors (Lipinski definition) is 0. The van der Waals surface area contributed by atoms with Gasteiger partial charge in [0, 0.05) is 3.57 Å². The summed E-state index contributed by atoms with van der Waals surface area (Å²) in [4.78, 5) is 0. The topological polar surface area (TPSA) is 8.81 Å². The van der Waals surface area contributed by atoms with Crippen LogP contribution in [0.3, 0.4) is 0 Å². The lowest BCUT2D eigenvalue weighted by Crippen LogP contribution is -3.00. The van der Waals surface area contributed by atoms with Crippen LogP contribution >= 0.6 is 22.6 Å². The van der Waals surface area contributed by atoms with Crippen LogP contribution in [0.1, 0.15) is 5.56 Å². The standard InChI is InChI=1S/C11H12IN2.ClH/c1-13-6-7-14(9-13)8-10-2-4-11(12)5-3-10;/h2-7,9H,8H2,1H3;1H/q+1;/p-1. The molecule has 0 fully saturated rings. The average Bonchev–Trinajstić information content (AvgIpc) is 2.56. The van der Waals surface area contributed by atoms with Gasteiger partial charge in [-0.1, -0.05) is 12.1 Å². The summed E-state index contributed by atoms with van der Waals surface area (Å²) in [7, 11) is 2.03. The summed E-state index contributed by atoms with van der Waals surface area (Å²) in [6.45, 7) is 0.942. The summed E-state index contributed by atoms with van der Waals surface area (Å²) in [5.41, 5.74) is 1.33. The van der Waals surface area contributed by atoms with E-state index in [-0.39, 0.29) is 12.4 Å². The molecule has 0 N–H and O–H groups in total. The maximum Gasteiger partial charge on any atom is 0.243 e. The molecule has 80 valence electrons. The number of aryl methyl sites for hydroxylation is 1. The quantitative estimate of drug-likeness (QED) is 0.491. The number of halogens is 2. The molecular weight excluding hydrogens is 322 g/mol. The highest BCUT2D eigenvalue weighted by Gasteiger charge is 2.00. The first-order valence-electron chi connectivity index (χ1n) is 4.49. The molecule has 1 aromatic heterocycles. The van der Waals surface area contributed by atoms with Gasteiger partial charge in [-0.25, -0.2) is 9.13 Å². The van der Waals surface area contributed by atoms with Gasteiger partial charge in [-0.05, 0) is 40.3 Å². The lowest BCUT2D eigenvalue weighted by Gasteiger charge is -1.97. The Morgan fingerprint density at radius 3 is 2.47 bits per heavy atom. The van der Waals surface area contributed by atoms with E-state index in [2.05, 4.69) is 63.9 Å². The zero-order chi connectivity index (χ0) is 9.97. The molecule has 0 aliphatic heterocycles. The number of imidazole rings is 1. The molecule has 0 aliphatic rings. The predicted octanol–water partition coefficient (Wildman–Crippen LogP) is -1.03. The van der Waals surface area contributed by atoms with E-state index < -0.39 is 0 Å². The van der Waals surface area contributed by atoms with Gasteiger partial charge in [-0.3, -0.25) is 0 Å². The van der Waals surface area contributed by atoms with Crippen LogP contribution in [0.15, 0.2) is 43.0 Å². The normalized spacial score (nSPS) is 9.73. The highest BCUT2D eigenvalue weighted by Crippen LogP contribution is 2.07. The van der Waals surface area contributed by atoms with Gasteiger partial charge in [0.25, 0.3) is 0 Å². The Labute approximate surface area is 109 Å². The summed E-state index contributed by atoms with van der Waals surface area (Å²) < 4.78 is 5.50. The van der Waals surface area contributed by atoms with Crippen molar-refractivity contribution in [3.63, 3.8) is 0 Å². The van der Waals surface area contributed by atoms with Crippen LogP contribution < -0.4 is 17.0 Å². The van der Waals surface area contributed by atoms with Crippen LogP contribution in [0, 0.1) is 3.57 Å². The fraction of sp³-hybridized carbons (Fsp3) is 0.182. The number of hydrogen-bond donors (Lipinski definition) is 0. The van der Waals surface area contributed by atoms with Crippen molar-refractivity contribution in [2.75, 3.05) is 0 Å². The van der Waals surface area contributed by atoms with Gasteiger partial charge in [0.05, 0.1) is 7.05 Å². The highest BCUT2D eigenvalue weighted by molar-refractivity contribution is 14.1. The van der Waals surface area contributed by atoms with Gasteiger partial charge in [0.2, 0.25) is 6.33 Å². The maximum absolute atomic E-state index is 2.32. The molecule has 1 aromatic carbocycles. The van der Waals surface area contributed by atoms with Crippen LogP contribution in [0.5, 0.6) is 0 Å². The Balaban J connectivity index is 0.00000112. The molecule has 0 radical (unpaired) electrons.